The van der Waals surface area contributed by atoms with Gasteiger partial charge in [-0.2, -0.15) is 0 Å². The highest BCUT2D eigenvalue weighted by atomic mass is 16.1. The Morgan fingerprint density at radius 3 is 1.54 bits per heavy atom. The summed E-state index contributed by atoms with van der Waals surface area (Å²) in [5.74, 6) is 0.499. The molecule has 0 aromatic heterocycles. The predicted molar refractivity (Wildman–Crippen MR) is 112 cm³/mol. The van der Waals surface area contributed by atoms with Crippen LogP contribution < -0.4 is 9.80 Å². The van der Waals surface area contributed by atoms with E-state index in [-0.39, 0.29) is 11.8 Å². The van der Waals surface area contributed by atoms with E-state index < -0.39 is 0 Å². The van der Waals surface area contributed by atoms with Gasteiger partial charge >= 0.3 is 0 Å². The first kappa shape index (κ1) is 19.8. The van der Waals surface area contributed by atoms with E-state index in [1.807, 2.05) is 34.3 Å². The first-order valence-electron chi connectivity index (χ1n) is 9.14. The minimum Gasteiger partial charge on any atom is -0.378 e. The highest BCUT2D eigenvalue weighted by Crippen LogP contribution is 2.36. The van der Waals surface area contributed by atoms with Gasteiger partial charge < -0.3 is 9.80 Å². The van der Waals surface area contributed by atoms with Crippen molar-refractivity contribution in [3.05, 3.63) is 71.8 Å². The molecule has 138 valence electrons. The summed E-state index contributed by atoms with van der Waals surface area (Å²) in [4.78, 5) is 15.1. The predicted octanol–water partition coefficient (Wildman–Crippen LogP) is 4.73. The molecule has 2 aromatic rings. The number of hydrogen-bond acceptors (Lipinski definition) is 3. The molecule has 0 heterocycles. The summed E-state index contributed by atoms with van der Waals surface area (Å²) in [5, 5.41) is 0. The molecule has 1 atom stereocenters. The lowest BCUT2D eigenvalue weighted by Gasteiger charge is -2.26. The number of anilines is 2. The SMILES string of the molecule is CCC(/C=C/C=O)C(c1ccc(N(C)C)cc1)c1ccc(N(C)C)cc1. The quantitative estimate of drug-likeness (QED) is 0.508. The average molecular weight is 351 g/mol. The van der Waals surface area contributed by atoms with Crippen LogP contribution in [0.5, 0.6) is 0 Å². The molecule has 0 spiro atoms. The van der Waals surface area contributed by atoms with Gasteiger partial charge in [0.2, 0.25) is 0 Å². The van der Waals surface area contributed by atoms with Crippen LogP contribution in [0.15, 0.2) is 60.7 Å². The standard InChI is InChI=1S/C23H30N2O/c1-6-18(8-7-17-26)23(19-9-13-21(14-10-19)24(2)3)20-11-15-22(16-12-20)25(4)5/h7-18,23H,6H2,1-5H3/b8-7+. The van der Waals surface area contributed by atoms with Crippen LogP contribution >= 0.6 is 0 Å². The van der Waals surface area contributed by atoms with E-state index in [1.54, 1.807) is 6.08 Å². The van der Waals surface area contributed by atoms with Crippen molar-refractivity contribution in [3.8, 4) is 0 Å². The van der Waals surface area contributed by atoms with E-state index in [2.05, 4.69) is 65.3 Å². The van der Waals surface area contributed by atoms with Gasteiger partial charge in [-0.3, -0.25) is 4.79 Å². The molecule has 2 rings (SSSR count). The fourth-order valence-corrected chi connectivity index (χ4v) is 3.32. The van der Waals surface area contributed by atoms with Crippen molar-refractivity contribution in [3.63, 3.8) is 0 Å². The van der Waals surface area contributed by atoms with Crippen LogP contribution in [0.4, 0.5) is 11.4 Å². The molecule has 26 heavy (non-hydrogen) atoms. The number of allylic oxidation sites excluding steroid dienone is 2. The molecule has 0 saturated heterocycles. The summed E-state index contributed by atoms with van der Waals surface area (Å²) >= 11 is 0. The smallest absolute Gasteiger partial charge is 0.142 e. The fourth-order valence-electron chi connectivity index (χ4n) is 3.32. The third-order valence-electron chi connectivity index (χ3n) is 4.87. The number of aldehydes is 1. The van der Waals surface area contributed by atoms with E-state index in [1.165, 1.54) is 22.5 Å². The Balaban J connectivity index is 2.46. The Morgan fingerprint density at radius 2 is 1.23 bits per heavy atom. The summed E-state index contributed by atoms with van der Waals surface area (Å²) in [6.07, 6.45) is 5.50. The van der Waals surface area contributed by atoms with Crippen molar-refractivity contribution < 1.29 is 4.79 Å². The number of carbonyl (C=O) groups excluding carboxylic acids is 1. The molecule has 0 aliphatic heterocycles. The lowest BCUT2D eigenvalue weighted by molar-refractivity contribution is -0.104. The Morgan fingerprint density at radius 1 is 0.808 bits per heavy atom. The maximum atomic E-state index is 10.9. The van der Waals surface area contributed by atoms with Crippen LogP contribution in [0.2, 0.25) is 0 Å². The maximum absolute atomic E-state index is 10.9. The lowest BCUT2D eigenvalue weighted by atomic mass is 9.79. The van der Waals surface area contributed by atoms with E-state index in [0.29, 0.717) is 0 Å². The molecule has 0 amide bonds. The van der Waals surface area contributed by atoms with E-state index in [4.69, 9.17) is 0 Å². The van der Waals surface area contributed by atoms with E-state index >= 15 is 0 Å². The third kappa shape index (κ3) is 4.75. The molecule has 3 heteroatoms. The normalized spacial score (nSPS) is 12.4. The van der Waals surface area contributed by atoms with Gasteiger partial charge in [0, 0.05) is 45.5 Å². The van der Waals surface area contributed by atoms with Gasteiger partial charge in [-0.25, -0.2) is 0 Å². The second kappa shape index (κ2) is 9.23. The van der Waals surface area contributed by atoms with Gasteiger partial charge in [-0.05, 0) is 53.8 Å². The largest absolute Gasteiger partial charge is 0.378 e. The van der Waals surface area contributed by atoms with Crippen molar-refractivity contribution in [2.75, 3.05) is 38.0 Å². The van der Waals surface area contributed by atoms with Crippen LogP contribution in [0.3, 0.4) is 0 Å². The number of benzene rings is 2. The minimum atomic E-state index is 0.226. The topological polar surface area (TPSA) is 23.6 Å². The van der Waals surface area contributed by atoms with E-state index in [0.717, 1.165) is 12.7 Å². The van der Waals surface area contributed by atoms with Gasteiger partial charge in [-0.1, -0.05) is 37.3 Å². The molecule has 0 aliphatic rings. The first-order chi connectivity index (χ1) is 12.5. The molecule has 1 unspecified atom stereocenters. The van der Waals surface area contributed by atoms with Crippen LogP contribution in [-0.2, 0) is 4.79 Å². The molecule has 0 saturated carbocycles. The van der Waals surface area contributed by atoms with Crippen molar-refractivity contribution in [2.24, 2.45) is 5.92 Å². The van der Waals surface area contributed by atoms with Gasteiger partial charge in [-0.15, -0.1) is 0 Å². The summed E-state index contributed by atoms with van der Waals surface area (Å²) in [5.41, 5.74) is 4.92. The summed E-state index contributed by atoms with van der Waals surface area (Å²) in [6, 6.07) is 17.5. The maximum Gasteiger partial charge on any atom is 0.142 e. The zero-order valence-corrected chi connectivity index (χ0v) is 16.5. The van der Waals surface area contributed by atoms with Crippen LogP contribution in [0, 0.1) is 5.92 Å². The molecule has 0 bridgehead atoms. The lowest BCUT2D eigenvalue weighted by Crippen LogP contribution is -2.14. The second-order valence-corrected chi connectivity index (χ2v) is 7.04. The number of rotatable bonds is 8. The second-order valence-electron chi connectivity index (χ2n) is 7.04. The summed E-state index contributed by atoms with van der Waals surface area (Å²) in [6.45, 7) is 2.18. The highest BCUT2D eigenvalue weighted by molar-refractivity contribution is 5.64. The van der Waals surface area contributed by atoms with Crippen LogP contribution in [0.1, 0.15) is 30.4 Å². The Bertz CT molecular complexity index is 663. The molecule has 3 nitrogen and oxygen atoms in total. The van der Waals surface area contributed by atoms with Crippen LogP contribution in [-0.4, -0.2) is 34.5 Å². The number of nitrogens with zero attached hydrogens (tertiary/aromatic N) is 2. The van der Waals surface area contributed by atoms with Crippen molar-refractivity contribution in [1.82, 2.24) is 0 Å². The molecular weight excluding hydrogens is 320 g/mol. The Hall–Kier alpha value is -2.55. The van der Waals surface area contributed by atoms with Crippen molar-refractivity contribution in [1.29, 1.82) is 0 Å². The summed E-state index contributed by atoms with van der Waals surface area (Å²) < 4.78 is 0. The van der Waals surface area contributed by atoms with Gasteiger partial charge in [0.15, 0.2) is 0 Å². The average Bonchev–Trinajstić information content (AvgIpc) is 2.65. The van der Waals surface area contributed by atoms with Gasteiger partial charge in [0.25, 0.3) is 0 Å². The first-order valence-corrected chi connectivity index (χ1v) is 9.14. The van der Waals surface area contributed by atoms with Crippen molar-refractivity contribution in [2.45, 2.75) is 19.3 Å². The Kier molecular flexibility index (Phi) is 7.02. The molecule has 0 aliphatic carbocycles. The fraction of sp³-hybridized carbons (Fsp3) is 0.348. The van der Waals surface area contributed by atoms with E-state index in [9.17, 15) is 4.79 Å². The van der Waals surface area contributed by atoms with Crippen LogP contribution in [0.25, 0.3) is 0 Å². The molecule has 0 N–H and O–H groups in total. The Labute approximate surface area is 157 Å². The van der Waals surface area contributed by atoms with Gasteiger partial charge in [0.05, 0.1) is 0 Å². The zero-order valence-electron chi connectivity index (χ0n) is 16.5. The molecular formula is C23H30N2O. The number of hydrogen-bond donors (Lipinski definition) is 0. The summed E-state index contributed by atoms with van der Waals surface area (Å²) in [7, 11) is 8.20. The van der Waals surface area contributed by atoms with Gasteiger partial charge in [0.1, 0.15) is 6.29 Å². The molecule has 2 aromatic carbocycles. The van der Waals surface area contributed by atoms with Crippen molar-refractivity contribution >= 4 is 17.7 Å². The molecule has 0 fully saturated rings. The number of carbonyl (C=O) groups is 1. The monoisotopic (exact) mass is 350 g/mol. The molecule has 0 radical (unpaired) electrons. The minimum absolute atomic E-state index is 0.226. The highest BCUT2D eigenvalue weighted by Gasteiger charge is 2.22. The third-order valence-corrected chi connectivity index (χ3v) is 4.87. The zero-order chi connectivity index (χ0) is 19.1.